The third-order valence-corrected chi connectivity index (χ3v) is 8.47. The van der Waals surface area contributed by atoms with Crippen LogP contribution in [-0.2, 0) is 17.8 Å². The molecular weight excluding hydrogens is 578 g/mol. The van der Waals surface area contributed by atoms with Crippen LogP contribution in [0.5, 0.6) is 0 Å². The third-order valence-electron chi connectivity index (χ3n) is 8.47. The highest BCUT2D eigenvalue weighted by atomic mass is 16.1. The fourth-order valence-corrected chi connectivity index (χ4v) is 6.00. The van der Waals surface area contributed by atoms with Crippen LogP contribution in [-0.4, -0.2) is 78.7 Å². The number of nitrogens with zero attached hydrogens (tertiary/aromatic N) is 8. The summed E-state index contributed by atoms with van der Waals surface area (Å²) in [6.45, 7) is 7.71. The number of benzene rings is 2. The lowest BCUT2D eigenvalue weighted by molar-refractivity contribution is 0.287. The summed E-state index contributed by atoms with van der Waals surface area (Å²) in [5.41, 5.74) is 4.95. The van der Waals surface area contributed by atoms with Gasteiger partial charge >= 0.3 is 0 Å². The van der Waals surface area contributed by atoms with Crippen molar-refractivity contribution in [2.75, 3.05) is 37.6 Å². The molecule has 11 heteroatoms. The minimum absolute atomic E-state index is 0.198. The first-order valence-corrected chi connectivity index (χ1v) is 15.7. The Morgan fingerprint density at radius 1 is 0.957 bits per heavy atom. The van der Waals surface area contributed by atoms with Crippen molar-refractivity contribution < 1.29 is 4.79 Å². The monoisotopic (exact) mass is 615 g/mol. The highest BCUT2D eigenvalue weighted by Crippen LogP contribution is 2.30. The van der Waals surface area contributed by atoms with Crippen LogP contribution in [0.3, 0.4) is 0 Å². The zero-order chi connectivity index (χ0) is 31.9. The van der Waals surface area contributed by atoms with E-state index in [0.29, 0.717) is 42.2 Å². The molecule has 0 saturated carbocycles. The topological polar surface area (TPSA) is 126 Å². The average Bonchev–Trinajstić information content (AvgIpc) is 3.64. The molecule has 11 nitrogen and oxygen atoms in total. The molecular formula is C35H37N9O2. The molecule has 234 valence electrons. The van der Waals surface area contributed by atoms with E-state index in [1.165, 1.54) is 0 Å². The largest absolute Gasteiger partial charge is 0.354 e. The summed E-state index contributed by atoms with van der Waals surface area (Å²) in [6.07, 6.45) is 4.37. The Labute approximate surface area is 267 Å². The lowest BCUT2D eigenvalue weighted by atomic mass is 9.98. The van der Waals surface area contributed by atoms with E-state index >= 15 is 0 Å². The number of rotatable bonds is 11. The number of carbonyl (C=O) groups excluding carboxylic acids is 1. The van der Waals surface area contributed by atoms with Gasteiger partial charge in [0.25, 0.3) is 5.56 Å². The highest BCUT2D eigenvalue weighted by molar-refractivity contribution is 5.89. The number of aromatic nitrogens is 7. The summed E-state index contributed by atoms with van der Waals surface area (Å²) in [4.78, 5) is 40.4. The van der Waals surface area contributed by atoms with Gasteiger partial charge in [0.15, 0.2) is 5.82 Å². The number of unbranched alkanes of at least 4 members (excludes halogenated alkanes) is 1. The lowest BCUT2D eigenvalue weighted by Gasteiger charge is -2.35. The molecule has 3 aromatic heterocycles. The molecule has 0 unspecified atom stereocenters. The maximum Gasteiger partial charge on any atom is 0.262 e. The van der Waals surface area contributed by atoms with Gasteiger partial charge in [0.1, 0.15) is 17.6 Å². The summed E-state index contributed by atoms with van der Waals surface area (Å²) in [7, 11) is 0. The van der Waals surface area contributed by atoms with Gasteiger partial charge in [0, 0.05) is 50.9 Å². The summed E-state index contributed by atoms with van der Waals surface area (Å²) in [5.74, 6) is 4.39. The number of piperazine rings is 1. The normalized spacial score (nSPS) is 13.5. The number of H-pyrrole nitrogens is 1. The van der Waals surface area contributed by atoms with E-state index in [9.17, 15) is 9.59 Å². The van der Waals surface area contributed by atoms with Crippen LogP contribution < -0.4 is 10.5 Å². The third kappa shape index (κ3) is 6.71. The first kappa shape index (κ1) is 30.8. The zero-order valence-electron chi connectivity index (χ0n) is 26.2. The molecule has 4 heterocycles. The first-order chi connectivity index (χ1) is 22.6. The second kappa shape index (κ2) is 14.2. The van der Waals surface area contributed by atoms with Gasteiger partial charge in [-0.15, -0.1) is 5.10 Å². The number of aromatic amines is 1. The van der Waals surface area contributed by atoms with Crippen LogP contribution in [0.25, 0.3) is 28.1 Å². The molecule has 1 fully saturated rings. The van der Waals surface area contributed by atoms with Crippen molar-refractivity contribution in [2.24, 2.45) is 0 Å². The standard InChI is InChI=1S/C35H37N9O2/c1-3-4-11-32-37-25(2)33(28(24-45)23-42-18-20-43(21-19-42)31-12-7-8-17-36-31)35(46)44(32)22-26-13-15-27(16-14-26)29-9-5-6-10-30(29)34-38-40-41-39-34/h5-10,12-17H,3-4,11,18-23H2,1-2H3,(H,38,39,40,41). The molecule has 0 spiro atoms. The molecule has 0 amide bonds. The van der Waals surface area contributed by atoms with E-state index in [2.05, 4.69) is 48.3 Å². The minimum atomic E-state index is -0.198. The number of tetrazole rings is 1. The highest BCUT2D eigenvalue weighted by Gasteiger charge is 2.24. The summed E-state index contributed by atoms with van der Waals surface area (Å²) in [6, 6.07) is 22.0. The summed E-state index contributed by atoms with van der Waals surface area (Å²) >= 11 is 0. The summed E-state index contributed by atoms with van der Waals surface area (Å²) in [5, 5.41) is 14.4. The molecule has 0 bridgehead atoms. The maximum atomic E-state index is 14.2. The van der Waals surface area contributed by atoms with Crippen LogP contribution in [0.15, 0.2) is 77.7 Å². The second-order valence-corrected chi connectivity index (χ2v) is 11.5. The quantitative estimate of drug-likeness (QED) is 0.217. The van der Waals surface area contributed by atoms with Gasteiger partial charge in [-0.2, -0.15) is 0 Å². The molecule has 0 aliphatic carbocycles. The minimum Gasteiger partial charge on any atom is -0.354 e. The molecule has 46 heavy (non-hydrogen) atoms. The first-order valence-electron chi connectivity index (χ1n) is 15.7. The fourth-order valence-electron chi connectivity index (χ4n) is 6.00. The van der Waals surface area contributed by atoms with E-state index in [1.54, 1.807) is 10.8 Å². The molecule has 1 aliphatic rings. The second-order valence-electron chi connectivity index (χ2n) is 11.5. The molecule has 5 aromatic rings. The van der Waals surface area contributed by atoms with E-state index < -0.39 is 0 Å². The predicted octanol–water partition coefficient (Wildman–Crippen LogP) is 4.22. The summed E-state index contributed by atoms with van der Waals surface area (Å²) < 4.78 is 1.73. The Kier molecular flexibility index (Phi) is 9.52. The van der Waals surface area contributed by atoms with Gasteiger partial charge < -0.3 is 4.90 Å². The maximum absolute atomic E-state index is 14.2. The van der Waals surface area contributed by atoms with Crippen molar-refractivity contribution in [1.82, 2.24) is 40.1 Å². The van der Waals surface area contributed by atoms with Crippen molar-refractivity contribution in [3.05, 3.63) is 106 Å². The number of aryl methyl sites for hydroxylation is 2. The molecule has 1 N–H and O–H groups in total. The van der Waals surface area contributed by atoms with Gasteiger partial charge in [-0.3, -0.25) is 14.3 Å². The predicted molar refractivity (Wildman–Crippen MR) is 178 cm³/mol. The van der Waals surface area contributed by atoms with Crippen LogP contribution in [0, 0.1) is 6.92 Å². The zero-order valence-corrected chi connectivity index (χ0v) is 26.2. The van der Waals surface area contributed by atoms with E-state index in [4.69, 9.17) is 4.98 Å². The smallest absolute Gasteiger partial charge is 0.262 e. The fraction of sp³-hybridized carbons (Fsp3) is 0.314. The Morgan fingerprint density at radius 3 is 2.39 bits per heavy atom. The van der Waals surface area contributed by atoms with Crippen molar-refractivity contribution in [3.63, 3.8) is 0 Å². The Hall–Kier alpha value is -5.25. The molecule has 6 rings (SSSR count). The average molecular weight is 616 g/mol. The Balaban J connectivity index is 1.25. The number of hydrogen-bond acceptors (Lipinski definition) is 9. The van der Waals surface area contributed by atoms with Crippen LogP contribution in [0.2, 0.25) is 0 Å². The van der Waals surface area contributed by atoms with E-state index in [1.807, 2.05) is 73.7 Å². The van der Waals surface area contributed by atoms with Gasteiger partial charge in [0.05, 0.1) is 23.4 Å². The Bertz CT molecular complexity index is 1870. The molecule has 0 radical (unpaired) electrons. The van der Waals surface area contributed by atoms with Crippen molar-refractivity contribution >= 4 is 17.3 Å². The Morgan fingerprint density at radius 2 is 1.72 bits per heavy atom. The van der Waals surface area contributed by atoms with E-state index in [0.717, 1.165) is 72.9 Å². The molecule has 1 saturated heterocycles. The lowest BCUT2D eigenvalue weighted by Crippen LogP contribution is -2.47. The molecule has 1 aliphatic heterocycles. The van der Waals surface area contributed by atoms with Crippen LogP contribution in [0.1, 0.15) is 42.4 Å². The number of anilines is 1. The van der Waals surface area contributed by atoms with Crippen molar-refractivity contribution in [1.29, 1.82) is 0 Å². The van der Waals surface area contributed by atoms with Crippen molar-refractivity contribution in [3.8, 4) is 22.5 Å². The van der Waals surface area contributed by atoms with E-state index in [-0.39, 0.29) is 5.56 Å². The van der Waals surface area contributed by atoms with Gasteiger partial charge in [-0.05, 0) is 52.6 Å². The number of nitrogens with one attached hydrogen (secondary N) is 1. The van der Waals surface area contributed by atoms with Crippen LogP contribution in [0.4, 0.5) is 5.82 Å². The van der Waals surface area contributed by atoms with Gasteiger partial charge in [-0.25, -0.2) is 19.9 Å². The van der Waals surface area contributed by atoms with Crippen LogP contribution >= 0.6 is 0 Å². The van der Waals surface area contributed by atoms with Gasteiger partial charge in [-0.1, -0.05) is 67.9 Å². The SMILES string of the molecule is CCCCc1nc(C)c(C(=C=O)CN2CCN(c3ccccn3)CC2)c(=O)n1Cc1ccc(-c2ccccc2-c2nnn[nH]2)cc1. The molecule has 2 aromatic carbocycles. The van der Waals surface area contributed by atoms with Gasteiger partial charge in [0.2, 0.25) is 0 Å². The van der Waals surface area contributed by atoms with Crippen molar-refractivity contribution in [2.45, 2.75) is 39.7 Å². The number of pyridine rings is 1. The molecule has 0 atom stereocenters. The number of hydrogen-bond donors (Lipinski definition) is 1.